The van der Waals surface area contributed by atoms with Crippen LogP contribution in [0, 0.1) is 5.92 Å². The van der Waals surface area contributed by atoms with Crippen LogP contribution in [0.25, 0.3) is 0 Å². The third-order valence-electron chi connectivity index (χ3n) is 5.89. The van der Waals surface area contributed by atoms with Crippen LogP contribution in [-0.2, 0) is 0 Å². The molecule has 0 aromatic carbocycles. The Morgan fingerprint density at radius 1 is 0.481 bits per heavy atom. The van der Waals surface area contributed by atoms with Crippen molar-refractivity contribution in [1.29, 1.82) is 0 Å². The van der Waals surface area contributed by atoms with Gasteiger partial charge in [0, 0.05) is 0 Å². The molecule has 0 amide bonds. The highest BCUT2D eigenvalue weighted by Gasteiger charge is 2.08. The molecule has 1 unspecified atom stereocenters. The number of rotatable bonds is 21. The summed E-state index contributed by atoms with van der Waals surface area (Å²) >= 11 is 0. The molecule has 0 saturated heterocycles. The number of hydrogen-bond acceptors (Lipinski definition) is 1. The lowest BCUT2D eigenvalue weighted by atomic mass is 9.99. The van der Waals surface area contributed by atoms with E-state index in [0.29, 0.717) is 0 Å². The summed E-state index contributed by atoms with van der Waals surface area (Å²) in [7, 11) is 0. The molecule has 0 aromatic heterocycles. The first-order valence-electron chi connectivity index (χ1n) is 12.5. The third kappa shape index (κ3) is 22.4. The van der Waals surface area contributed by atoms with Gasteiger partial charge in [0.2, 0.25) is 0 Å². The second-order valence-electron chi connectivity index (χ2n) is 8.77. The summed E-state index contributed by atoms with van der Waals surface area (Å²) in [6.45, 7) is 13.5. The minimum Gasteiger partial charge on any atom is -0.303 e. The van der Waals surface area contributed by atoms with Crippen molar-refractivity contribution in [2.24, 2.45) is 5.92 Å². The third-order valence-corrected chi connectivity index (χ3v) is 5.89. The van der Waals surface area contributed by atoms with E-state index >= 15 is 0 Å². The Bertz CT molecular complexity index is 241. The van der Waals surface area contributed by atoms with Crippen LogP contribution in [0.4, 0.5) is 0 Å². The van der Waals surface area contributed by atoms with Crippen LogP contribution in [0.5, 0.6) is 0 Å². The molecule has 0 bridgehead atoms. The summed E-state index contributed by atoms with van der Waals surface area (Å²) in [5.74, 6) is 0.915. The summed E-state index contributed by atoms with van der Waals surface area (Å²) in [4.78, 5) is 2.80. The molecule has 0 aliphatic rings. The first-order valence-corrected chi connectivity index (χ1v) is 12.5. The zero-order chi connectivity index (χ0) is 19.3. The molecule has 1 atom stereocenters. The average Bonchev–Trinajstić information content (AvgIpc) is 2.64. The Balaban J connectivity index is 0. The second kappa shape index (κ2) is 24.3. The molecule has 1 nitrogen and oxygen atoms in total. The van der Waals surface area contributed by atoms with Gasteiger partial charge in [-0.1, -0.05) is 118 Å². The highest BCUT2D eigenvalue weighted by molar-refractivity contribution is 5.85. The van der Waals surface area contributed by atoms with Gasteiger partial charge in [0.1, 0.15) is 0 Å². The van der Waals surface area contributed by atoms with E-state index < -0.39 is 0 Å². The van der Waals surface area contributed by atoms with Crippen molar-refractivity contribution in [3.05, 3.63) is 0 Å². The van der Waals surface area contributed by atoms with Gasteiger partial charge in [-0.25, -0.2) is 0 Å². The molecule has 0 fully saturated rings. The topological polar surface area (TPSA) is 3.24 Å². The Labute approximate surface area is 179 Å². The lowest BCUT2D eigenvalue weighted by Crippen LogP contribution is -2.28. The highest BCUT2D eigenvalue weighted by atomic mass is 35.5. The zero-order valence-electron chi connectivity index (χ0n) is 19.6. The fraction of sp³-hybridized carbons (Fsp3) is 1.00. The fourth-order valence-corrected chi connectivity index (χ4v) is 3.86. The van der Waals surface area contributed by atoms with E-state index in [1.54, 1.807) is 0 Å². The van der Waals surface area contributed by atoms with E-state index in [1.807, 2.05) is 0 Å². The quantitative estimate of drug-likeness (QED) is 0.173. The number of unbranched alkanes of at least 4 members (excludes halogenated alkanes) is 12. The van der Waals surface area contributed by atoms with Gasteiger partial charge in [-0.15, -0.1) is 12.4 Å². The molecular weight excluding hydrogens is 350 g/mol. The summed E-state index contributed by atoms with van der Waals surface area (Å²) in [5, 5.41) is 0. The van der Waals surface area contributed by atoms with E-state index in [2.05, 4.69) is 32.6 Å². The fourth-order valence-electron chi connectivity index (χ4n) is 3.86. The SMILES string of the molecule is CCCCCCCCN(CCCCCCCC)CCC(C)CCCCC.Cl. The summed E-state index contributed by atoms with van der Waals surface area (Å²) in [6.07, 6.45) is 24.2. The molecule has 0 saturated carbocycles. The standard InChI is InChI=1S/C25H53N.ClH/c1-5-8-11-13-15-18-22-26(23-19-16-14-12-9-6-2)24-21-25(4)20-17-10-7-3;/h25H,5-24H2,1-4H3;1H. The summed E-state index contributed by atoms with van der Waals surface area (Å²) in [5.41, 5.74) is 0. The number of halogens is 1. The molecule has 27 heavy (non-hydrogen) atoms. The molecule has 0 heterocycles. The maximum Gasteiger partial charge on any atom is -0.00162 e. The van der Waals surface area contributed by atoms with E-state index in [9.17, 15) is 0 Å². The summed E-state index contributed by atoms with van der Waals surface area (Å²) in [6, 6.07) is 0. The van der Waals surface area contributed by atoms with Crippen LogP contribution in [0.15, 0.2) is 0 Å². The van der Waals surface area contributed by atoms with Crippen molar-refractivity contribution in [2.75, 3.05) is 19.6 Å². The van der Waals surface area contributed by atoms with Crippen molar-refractivity contribution in [1.82, 2.24) is 4.90 Å². The van der Waals surface area contributed by atoms with Gasteiger partial charge in [0.25, 0.3) is 0 Å². The van der Waals surface area contributed by atoms with E-state index in [1.165, 1.54) is 129 Å². The van der Waals surface area contributed by atoms with Crippen molar-refractivity contribution in [3.63, 3.8) is 0 Å². The Kier molecular flexibility index (Phi) is 26.5. The maximum atomic E-state index is 2.80. The Hall–Kier alpha value is 0.250. The maximum absolute atomic E-state index is 2.80. The van der Waals surface area contributed by atoms with Crippen molar-refractivity contribution in [2.45, 2.75) is 137 Å². The van der Waals surface area contributed by atoms with Crippen molar-refractivity contribution >= 4 is 12.4 Å². The first kappa shape index (κ1) is 29.5. The lowest BCUT2D eigenvalue weighted by Gasteiger charge is -2.24. The zero-order valence-corrected chi connectivity index (χ0v) is 20.4. The van der Waals surface area contributed by atoms with Crippen molar-refractivity contribution < 1.29 is 0 Å². The van der Waals surface area contributed by atoms with Gasteiger partial charge in [-0.05, 0) is 44.8 Å². The predicted octanol–water partition coefficient (Wildman–Crippen LogP) is 9.04. The van der Waals surface area contributed by atoms with Crippen LogP contribution in [0.1, 0.15) is 137 Å². The van der Waals surface area contributed by atoms with E-state index in [-0.39, 0.29) is 12.4 Å². The molecule has 0 rings (SSSR count). The number of nitrogens with zero attached hydrogens (tertiary/aromatic N) is 1. The molecule has 0 aliphatic carbocycles. The largest absolute Gasteiger partial charge is 0.303 e. The Morgan fingerprint density at radius 3 is 1.37 bits per heavy atom. The smallest absolute Gasteiger partial charge is 0.00162 e. The molecule has 0 radical (unpaired) electrons. The van der Waals surface area contributed by atoms with Crippen LogP contribution in [0.3, 0.4) is 0 Å². The van der Waals surface area contributed by atoms with Gasteiger partial charge in [0.15, 0.2) is 0 Å². The van der Waals surface area contributed by atoms with Crippen molar-refractivity contribution in [3.8, 4) is 0 Å². The molecule has 0 spiro atoms. The van der Waals surface area contributed by atoms with E-state index in [4.69, 9.17) is 0 Å². The van der Waals surface area contributed by atoms with Gasteiger partial charge in [-0.3, -0.25) is 0 Å². The molecule has 0 aromatic rings. The molecular formula is C25H54ClN. The van der Waals surface area contributed by atoms with Gasteiger partial charge in [0.05, 0.1) is 0 Å². The van der Waals surface area contributed by atoms with Gasteiger partial charge in [-0.2, -0.15) is 0 Å². The molecule has 166 valence electrons. The summed E-state index contributed by atoms with van der Waals surface area (Å²) < 4.78 is 0. The van der Waals surface area contributed by atoms with Gasteiger partial charge >= 0.3 is 0 Å². The second-order valence-corrected chi connectivity index (χ2v) is 8.77. The van der Waals surface area contributed by atoms with Gasteiger partial charge < -0.3 is 4.90 Å². The first-order chi connectivity index (χ1) is 12.7. The minimum absolute atomic E-state index is 0. The predicted molar refractivity (Wildman–Crippen MR) is 128 cm³/mol. The highest BCUT2D eigenvalue weighted by Crippen LogP contribution is 2.15. The van der Waals surface area contributed by atoms with E-state index in [0.717, 1.165) is 5.92 Å². The average molecular weight is 404 g/mol. The van der Waals surface area contributed by atoms with Crippen LogP contribution in [-0.4, -0.2) is 24.5 Å². The monoisotopic (exact) mass is 403 g/mol. The van der Waals surface area contributed by atoms with Crippen LogP contribution >= 0.6 is 12.4 Å². The number of hydrogen-bond donors (Lipinski definition) is 0. The van der Waals surface area contributed by atoms with Crippen LogP contribution in [0.2, 0.25) is 0 Å². The lowest BCUT2D eigenvalue weighted by molar-refractivity contribution is 0.239. The molecule has 2 heteroatoms. The normalized spacial score (nSPS) is 12.3. The minimum atomic E-state index is 0. The molecule has 0 N–H and O–H groups in total. The van der Waals surface area contributed by atoms with Crippen LogP contribution < -0.4 is 0 Å². The molecule has 0 aliphatic heterocycles. The Morgan fingerprint density at radius 2 is 0.889 bits per heavy atom.